The monoisotopic (exact) mass is 422 g/mol. The highest BCUT2D eigenvalue weighted by Gasteiger charge is 2.41. The van der Waals surface area contributed by atoms with Crippen LogP contribution in [-0.4, -0.2) is 40.8 Å². The molecule has 4 rings (SSSR count). The average molecular weight is 423 g/mol. The summed E-state index contributed by atoms with van der Waals surface area (Å²) in [6, 6.07) is 13.2. The molecule has 2 aromatic carbocycles. The fourth-order valence-electron chi connectivity index (χ4n) is 4.12. The van der Waals surface area contributed by atoms with Crippen molar-refractivity contribution in [2.45, 2.75) is 45.8 Å². The van der Waals surface area contributed by atoms with Crippen LogP contribution in [0.5, 0.6) is 5.75 Å². The maximum Gasteiger partial charge on any atom is 0.278 e. The van der Waals surface area contributed by atoms with E-state index in [1.54, 1.807) is 12.1 Å². The Hall–Kier alpha value is -3.15. The standard InChI is InChI=1S/C25H27FN2O3/c1-17(2)31-21-12-8-19(9-13-21)22-23(27-14-4-3-5-15-27)25(30)28(24(22)29)16-18-6-10-20(26)11-7-18/h6-13,17H,3-5,14-16H2,1-2H3. The zero-order valence-electron chi connectivity index (χ0n) is 17.9. The topological polar surface area (TPSA) is 49.9 Å². The van der Waals surface area contributed by atoms with E-state index < -0.39 is 0 Å². The molecule has 2 aliphatic heterocycles. The summed E-state index contributed by atoms with van der Waals surface area (Å²) in [6.07, 6.45) is 3.17. The molecular weight excluding hydrogens is 395 g/mol. The van der Waals surface area contributed by atoms with Crippen LogP contribution in [0.1, 0.15) is 44.2 Å². The first kappa shape index (κ1) is 21.1. The molecule has 2 aliphatic rings. The van der Waals surface area contributed by atoms with E-state index in [1.165, 1.54) is 17.0 Å². The Morgan fingerprint density at radius 2 is 1.55 bits per heavy atom. The van der Waals surface area contributed by atoms with Crippen LogP contribution in [0.25, 0.3) is 5.57 Å². The van der Waals surface area contributed by atoms with Crippen LogP contribution in [0.4, 0.5) is 4.39 Å². The molecule has 0 N–H and O–H groups in total. The predicted octanol–water partition coefficient (Wildman–Crippen LogP) is 4.38. The van der Waals surface area contributed by atoms with E-state index in [0.717, 1.165) is 38.1 Å². The van der Waals surface area contributed by atoms with Crippen LogP contribution in [0, 0.1) is 5.82 Å². The van der Waals surface area contributed by atoms with Gasteiger partial charge in [-0.3, -0.25) is 14.5 Å². The van der Waals surface area contributed by atoms with Gasteiger partial charge in [-0.05, 0) is 68.5 Å². The number of hydrogen-bond donors (Lipinski definition) is 0. The average Bonchev–Trinajstić information content (AvgIpc) is 3.01. The first-order valence-electron chi connectivity index (χ1n) is 10.8. The van der Waals surface area contributed by atoms with E-state index >= 15 is 0 Å². The molecule has 1 saturated heterocycles. The summed E-state index contributed by atoms with van der Waals surface area (Å²) >= 11 is 0. The van der Waals surface area contributed by atoms with Crippen molar-refractivity contribution in [3.05, 3.63) is 71.2 Å². The summed E-state index contributed by atoms with van der Waals surface area (Å²) in [6.45, 7) is 5.55. The number of hydrogen-bond acceptors (Lipinski definition) is 4. The van der Waals surface area contributed by atoms with Gasteiger partial charge < -0.3 is 9.64 Å². The minimum atomic E-state index is -0.348. The maximum absolute atomic E-state index is 13.4. The minimum absolute atomic E-state index is 0.0508. The molecule has 2 aromatic rings. The highest BCUT2D eigenvalue weighted by atomic mass is 19.1. The number of benzene rings is 2. The van der Waals surface area contributed by atoms with Crippen LogP contribution >= 0.6 is 0 Å². The quantitative estimate of drug-likeness (QED) is 0.649. The van der Waals surface area contributed by atoms with Gasteiger partial charge in [-0.15, -0.1) is 0 Å². The van der Waals surface area contributed by atoms with E-state index in [-0.39, 0.29) is 30.3 Å². The highest BCUT2D eigenvalue weighted by molar-refractivity contribution is 6.35. The van der Waals surface area contributed by atoms with Gasteiger partial charge in [0.25, 0.3) is 11.8 Å². The van der Waals surface area contributed by atoms with Crippen molar-refractivity contribution in [2.75, 3.05) is 13.1 Å². The number of rotatable bonds is 6. The zero-order chi connectivity index (χ0) is 22.0. The number of piperidine rings is 1. The maximum atomic E-state index is 13.4. The minimum Gasteiger partial charge on any atom is -0.491 e. The van der Waals surface area contributed by atoms with Crippen molar-refractivity contribution in [3.63, 3.8) is 0 Å². The lowest BCUT2D eigenvalue weighted by molar-refractivity contribution is -0.138. The van der Waals surface area contributed by atoms with Crippen LogP contribution in [0.15, 0.2) is 54.2 Å². The lowest BCUT2D eigenvalue weighted by Gasteiger charge is -2.29. The number of amides is 2. The molecule has 0 aromatic heterocycles. The van der Waals surface area contributed by atoms with Gasteiger partial charge in [0.2, 0.25) is 0 Å². The molecule has 0 radical (unpaired) electrons. The first-order chi connectivity index (χ1) is 14.9. The van der Waals surface area contributed by atoms with E-state index in [9.17, 15) is 14.0 Å². The van der Waals surface area contributed by atoms with Crippen molar-refractivity contribution < 1.29 is 18.7 Å². The third-order valence-electron chi connectivity index (χ3n) is 5.58. The van der Waals surface area contributed by atoms with Gasteiger partial charge in [0.15, 0.2) is 0 Å². The summed E-state index contributed by atoms with van der Waals surface area (Å²) in [5.74, 6) is -0.223. The normalized spacial score (nSPS) is 17.2. The van der Waals surface area contributed by atoms with Crippen molar-refractivity contribution >= 4 is 17.4 Å². The van der Waals surface area contributed by atoms with Gasteiger partial charge in [0.05, 0.1) is 18.2 Å². The number of ether oxygens (including phenoxy) is 1. The number of carbonyl (C=O) groups excluding carboxylic acids is 2. The van der Waals surface area contributed by atoms with Crippen molar-refractivity contribution in [3.8, 4) is 5.75 Å². The van der Waals surface area contributed by atoms with E-state index in [1.807, 2.05) is 43.0 Å². The molecular formula is C25H27FN2O3. The Morgan fingerprint density at radius 3 is 2.16 bits per heavy atom. The molecule has 2 amide bonds. The second-order valence-corrected chi connectivity index (χ2v) is 8.29. The summed E-state index contributed by atoms with van der Waals surface area (Å²) in [4.78, 5) is 30.1. The van der Waals surface area contributed by atoms with Gasteiger partial charge in [0.1, 0.15) is 17.3 Å². The van der Waals surface area contributed by atoms with E-state index in [4.69, 9.17) is 4.74 Å². The van der Waals surface area contributed by atoms with Gasteiger partial charge in [-0.1, -0.05) is 24.3 Å². The van der Waals surface area contributed by atoms with Crippen LogP contribution in [0.3, 0.4) is 0 Å². The molecule has 31 heavy (non-hydrogen) atoms. The second kappa shape index (κ2) is 8.92. The van der Waals surface area contributed by atoms with Crippen molar-refractivity contribution in [2.24, 2.45) is 0 Å². The van der Waals surface area contributed by atoms with Gasteiger partial charge in [-0.25, -0.2) is 4.39 Å². The Labute approximate surface area is 182 Å². The number of halogens is 1. The molecule has 0 saturated carbocycles. The second-order valence-electron chi connectivity index (χ2n) is 8.29. The molecule has 5 nitrogen and oxygen atoms in total. The fraction of sp³-hybridized carbons (Fsp3) is 0.360. The molecule has 6 heteroatoms. The molecule has 0 bridgehead atoms. The summed E-state index contributed by atoms with van der Waals surface area (Å²) in [5, 5.41) is 0. The molecule has 2 heterocycles. The molecule has 0 aliphatic carbocycles. The predicted molar refractivity (Wildman–Crippen MR) is 117 cm³/mol. The smallest absolute Gasteiger partial charge is 0.278 e. The third-order valence-corrected chi connectivity index (χ3v) is 5.58. The van der Waals surface area contributed by atoms with Gasteiger partial charge >= 0.3 is 0 Å². The lowest BCUT2D eigenvalue weighted by Crippen LogP contribution is -2.36. The Bertz CT molecular complexity index is 990. The van der Waals surface area contributed by atoms with Crippen molar-refractivity contribution in [1.82, 2.24) is 9.80 Å². The van der Waals surface area contributed by atoms with Gasteiger partial charge in [0, 0.05) is 13.1 Å². The lowest BCUT2D eigenvalue weighted by atomic mass is 10.0. The van der Waals surface area contributed by atoms with E-state index in [0.29, 0.717) is 22.4 Å². The Kier molecular flexibility index (Phi) is 6.07. The highest BCUT2D eigenvalue weighted by Crippen LogP contribution is 2.34. The fourth-order valence-corrected chi connectivity index (χ4v) is 4.12. The van der Waals surface area contributed by atoms with Crippen LogP contribution in [-0.2, 0) is 16.1 Å². The number of nitrogens with zero attached hydrogens (tertiary/aromatic N) is 2. The molecule has 0 unspecified atom stereocenters. The summed E-state index contributed by atoms with van der Waals surface area (Å²) in [7, 11) is 0. The SMILES string of the molecule is CC(C)Oc1ccc(C2=C(N3CCCCC3)C(=O)N(Cc3ccc(F)cc3)C2=O)cc1. The molecule has 0 spiro atoms. The van der Waals surface area contributed by atoms with Crippen LogP contribution in [0.2, 0.25) is 0 Å². The molecule has 162 valence electrons. The Morgan fingerprint density at radius 1 is 0.903 bits per heavy atom. The number of carbonyl (C=O) groups is 2. The van der Waals surface area contributed by atoms with Crippen molar-refractivity contribution in [1.29, 1.82) is 0 Å². The first-order valence-corrected chi connectivity index (χ1v) is 10.8. The largest absolute Gasteiger partial charge is 0.491 e. The number of likely N-dealkylation sites (tertiary alicyclic amines) is 1. The molecule has 0 atom stereocenters. The number of imide groups is 1. The zero-order valence-corrected chi connectivity index (χ0v) is 17.9. The van der Waals surface area contributed by atoms with Crippen LogP contribution < -0.4 is 4.74 Å². The summed E-state index contributed by atoms with van der Waals surface area (Å²) < 4.78 is 19.0. The van der Waals surface area contributed by atoms with Gasteiger partial charge in [-0.2, -0.15) is 0 Å². The van der Waals surface area contributed by atoms with E-state index in [2.05, 4.69) is 0 Å². The summed E-state index contributed by atoms with van der Waals surface area (Å²) in [5.41, 5.74) is 2.33. The Balaban J connectivity index is 1.68. The molecule has 1 fully saturated rings. The third kappa shape index (κ3) is 4.48.